The Morgan fingerprint density at radius 2 is 1.70 bits per heavy atom. The molecule has 172 valence electrons. The number of nitrogens with zero attached hydrogens (tertiary/aromatic N) is 1. The van der Waals surface area contributed by atoms with Crippen LogP contribution in [0.5, 0.6) is 0 Å². The van der Waals surface area contributed by atoms with Crippen molar-refractivity contribution in [3.63, 3.8) is 0 Å². The van der Waals surface area contributed by atoms with Gasteiger partial charge in [0.25, 0.3) is 5.69 Å². The minimum Gasteiger partial charge on any atom is -0.466 e. The van der Waals surface area contributed by atoms with E-state index in [9.17, 15) is 28.5 Å². The zero-order chi connectivity index (χ0) is 24.3. The molecule has 0 spiro atoms. The molecule has 1 atom stereocenters. The fourth-order valence-corrected chi connectivity index (χ4v) is 3.65. The maximum Gasteiger partial charge on any atom is 0.337 e. The summed E-state index contributed by atoms with van der Waals surface area (Å²) in [5, 5.41) is 14.2. The van der Waals surface area contributed by atoms with Crippen LogP contribution in [-0.4, -0.2) is 24.0 Å². The number of methoxy groups -OCH3 is 1. The van der Waals surface area contributed by atoms with Gasteiger partial charge in [-0.25, -0.2) is 18.4 Å². The molecule has 8 nitrogen and oxygen atoms in total. The van der Waals surface area contributed by atoms with E-state index in [-0.39, 0.29) is 29.0 Å². The van der Waals surface area contributed by atoms with Crippen molar-refractivity contribution < 1.29 is 32.8 Å². The molecule has 0 amide bonds. The zero-order valence-corrected chi connectivity index (χ0v) is 18.0. The second-order valence-corrected chi connectivity index (χ2v) is 7.30. The lowest BCUT2D eigenvalue weighted by molar-refractivity contribution is -0.384. The molecular formula is C23H20F2N2O6. The average molecular weight is 458 g/mol. The van der Waals surface area contributed by atoms with Gasteiger partial charge in [-0.2, -0.15) is 0 Å². The molecule has 33 heavy (non-hydrogen) atoms. The van der Waals surface area contributed by atoms with Gasteiger partial charge in [-0.05, 0) is 37.1 Å². The molecule has 1 aliphatic heterocycles. The van der Waals surface area contributed by atoms with Crippen molar-refractivity contribution in [2.75, 3.05) is 7.11 Å². The summed E-state index contributed by atoms with van der Waals surface area (Å²) < 4.78 is 36.9. The quantitative estimate of drug-likeness (QED) is 0.396. The summed E-state index contributed by atoms with van der Waals surface area (Å²) in [6, 6.07) is 8.64. The second-order valence-electron chi connectivity index (χ2n) is 7.30. The Kier molecular flexibility index (Phi) is 6.86. The van der Waals surface area contributed by atoms with Gasteiger partial charge in [0.05, 0.1) is 29.1 Å². The minimum atomic E-state index is -1.08. The largest absolute Gasteiger partial charge is 0.466 e. The molecule has 0 saturated carbocycles. The topological polar surface area (TPSA) is 108 Å². The molecule has 0 fully saturated rings. The predicted molar refractivity (Wildman–Crippen MR) is 113 cm³/mol. The van der Waals surface area contributed by atoms with Gasteiger partial charge in [0.1, 0.15) is 6.61 Å². The van der Waals surface area contributed by atoms with Gasteiger partial charge < -0.3 is 14.8 Å². The third-order valence-corrected chi connectivity index (χ3v) is 5.15. The predicted octanol–water partition coefficient (Wildman–Crippen LogP) is 4.02. The first-order valence-electron chi connectivity index (χ1n) is 9.76. The van der Waals surface area contributed by atoms with Crippen LogP contribution in [0.25, 0.3) is 0 Å². The highest BCUT2D eigenvalue weighted by Gasteiger charge is 2.38. The number of carbonyl (C=O) groups is 2. The Hall–Kier alpha value is -4.08. The summed E-state index contributed by atoms with van der Waals surface area (Å²) in [6.07, 6.45) is 0. The van der Waals surface area contributed by atoms with Crippen LogP contribution in [-0.2, 0) is 25.7 Å². The van der Waals surface area contributed by atoms with E-state index in [1.165, 1.54) is 31.4 Å². The van der Waals surface area contributed by atoms with Crippen molar-refractivity contribution in [3.05, 3.63) is 97.9 Å². The van der Waals surface area contributed by atoms with Crippen molar-refractivity contribution >= 4 is 17.6 Å². The number of benzene rings is 2. The summed E-state index contributed by atoms with van der Waals surface area (Å²) in [7, 11) is 1.18. The second kappa shape index (κ2) is 9.60. The van der Waals surface area contributed by atoms with Crippen LogP contribution in [0, 0.1) is 21.7 Å². The van der Waals surface area contributed by atoms with Gasteiger partial charge in [-0.1, -0.05) is 18.2 Å². The van der Waals surface area contributed by atoms with Gasteiger partial charge >= 0.3 is 11.9 Å². The molecule has 0 aromatic heterocycles. The molecule has 0 radical (unpaired) electrons. The normalized spacial score (nSPS) is 15.7. The molecule has 10 heteroatoms. The number of non-ortho nitro benzene ring substituents is 1. The Morgan fingerprint density at radius 1 is 1.03 bits per heavy atom. The number of carbonyl (C=O) groups excluding carboxylic acids is 2. The van der Waals surface area contributed by atoms with Crippen molar-refractivity contribution in [3.8, 4) is 0 Å². The van der Waals surface area contributed by atoms with Crippen LogP contribution < -0.4 is 5.32 Å². The molecule has 1 N–H and O–H groups in total. The Bertz CT molecular complexity index is 1210. The van der Waals surface area contributed by atoms with Crippen LogP contribution in [0.15, 0.2) is 65.0 Å². The van der Waals surface area contributed by atoms with Crippen LogP contribution in [0.3, 0.4) is 0 Å². The number of ether oxygens (including phenoxy) is 2. The zero-order valence-electron chi connectivity index (χ0n) is 18.0. The summed E-state index contributed by atoms with van der Waals surface area (Å²) in [5.74, 6) is -4.70. The summed E-state index contributed by atoms with van der Waals surface area (Å²) >= 11 is 0. The van der Waals surface area contributed by atoms with E-state index in [0.29, 0.717) is 17.0 Å². The number of allylic oxidation sites excluding steroid dienone is 2. The Labute approximate surface area is 187 Å². The van der Waals surface area contributed by atoms with Crippen molar-refractivity contribution in [2.24, 2.45) is 0 Å². The number of nitro benzene ring substituents is 1. The average Bonchev–Trinajstić information content (AvgIpc) is 2.78. The van der Waals surface area contributed by atoms with Gasteiger partial charge in [-0.15, -0.1) is 0 Å². The Morgan fingerprint density at radius 3 is 2.30 bits per heavy atom. The van der Waals surface area contributed by atoms with E-state index < -0.39 is 34.4 Å². The number of rotatable bonds is 6. The van der Waals surface area contributed by atoms with Crippen LogP contribution in [0.4, 0.5) is 14.5 Å². The molecule has 2 aromatic rings. The molecule has 1 aliphatic rings. The van der Waals surface area contributed by atoms with E-state index in [2.05, 4.69) is 5.32 Å². The van der Waals surface area contributed by atoms with Crippen molar-refractivity contribution in [1.29, 1.82) is 0 Å². The van der Waals surface area contributed by atoms with Crippen molar-refractivity contribution in [1.82, 2.24) is 5.32 Å². The monoisotopic (exact) mass is 458 g/mol. The van der Waals surface area contributed by atoms with E-state index in [1.54, 1.807) is 19.9 Å². The SMILES string of the molecule is COC(=O)C1=C(C)NC(C)=C(C(=O)OCc2ccc(F)c(F)c2)C1c1cccc([N+](=O)[O-])c1. The number of hydrogen-bond acceptors (Lipinski definition) is 7. The highest BCUT2D eigenvalue weighted by atomic mass is 19.2. The van der Waals surface area contributed by atoms with Crippen LogP contribution in [0.2, 0.25) is 0 Å². The molecule has 0 saturated heterocycles. The standard InChI is InChI=1S/C23H20F2N2O6/c1-12-19(22(28)32-3)21(15-5-4-6-16(10-15)27(30)31)20(13(2)26-12)23(29)33-11-14-7-8-17(24)18(25)9-14/h4-10,21,26H,11H2,1-3H3. The lowest BCUT2D eigenvalue weighted by Gasteiger charge is -2.30. The molecule has 1 unspecified atom stereocenters. The maximum atomic E-state index is 13.5. The molecule has 3 rings (SSSR count). The first kappa shape index (κ1) is 23.6. The van der Waals surface area contributed by atoms with E-state index in [4.69, 9.17) is 9.47 Å². The highest BCUT2D eigenvalue weighted by molar-refractivity contribution is 5.99. The van der Waals surface area contributed by atoms with Gasteiger partial charge in [-0.3, -0.25) is 10.1 Å². The maximum absolute atomic E-state index is 13.5. The molecule has 0 aliphatic carbocycles. The first-order valence-corrected chi connectivity index (χ1v) is 9.76. The fourth-order valence-electron chi connectivity index (χ4n) is 3.65. The molecule has 2 aromatic carbocycles. The summed E-state index contributed by atoms with van der Waals surface area (Å²) in [5.41, 5.74) is 1.20. The van der Waals surface area contributed by atoms with E-state index in [0.717, 1.165) is 12.1 Å². The lowest BCUT2D eigenvalue weighted by atomic mass is 9.80. The van der Waals surface area contributed by atoms with Crippen LogP contribution in [0.1, 0.15) is 30.9 Å². The number of halogens is 2. The number of nitrogens with one attached hydrogen (secondary N) is 1. The lowest BCUT2D eigenvalue weighted by Crippen LogP contribution is -2.32. The number of hydrogen-bond donors (Lipinski definition) is 1. The van der Waals surface area contributed by atoms with E-state index in [1.807, 2.05) is 0 Å². The van der Waals surface area contributed by atoms with Gasteiger partial charge in [0.15, 0.2) is 11.6 Å². The minimum absolute atomic E-state index is 0.0316. The number of esters is 2. The van der Waals surface area contributed by atoms with Crippen LogP contribution >= 0.6 is 0 Å². The number of dihydropyridines is 1. The van der Waals surface area contributed by atoms with Gasteiger partial charge in [0.2, 0.25) is 0 Å². The summed E-state index contributed by atoms with van der Waals surface area (Å²) in [4.78, 5) is 36.4. The van der Waals surface area contributed by atoms with Crippen molar-refractivity contribution in [2.45, 2.75) is 26.4 Å². The third kappa shape index (κ3) is 4.89. The smallest absolute Gasteiger partial charge is 0.337 e. The van der Waals surface area contributed by atoms with E-state index >= 15 is 0 Å². The molecule has 0 bridgehead atoms. The molecular weight excluding hydrogens is 438 g/mol. The Balaban J connectivity index is 2.02. The number of nitro groups is 1. The molecule has 1 heterocycles. The fraction of sp³-hybridized carbons (Fsp3) is 0.217. The first-order chi connectivity index (χ1) is 15.6. The highest BCUT2D eigenvalue weighted by Crippen LogP contribution is 2.40. The summed E-state index contributed by atoms with van der Waals surface area (Å²) in [6.45, 7) is 2.85. The third-order valence-electron chi connectivity index (χ3n) is 5.15. The van der Waals surface area contributed by atoms with Gasteiger partial charge in [0, 0.05) is 23.5 Å².